The number of unbranched alkanes of at least 4 members (excludes halogenated alkanes) is 1. The van der Waals surface area contributed by atoms with Crippen LogP contribution >= 0.6 is 0 Å². The second-order valence-corrected chi connectivity index (χ2v) is 7.52. The molecule has 1 aliphatic carbocycles. The third kappa shape index (κ3) is 2.43. The second kappa shape index (κ2) is 6.45. The molecule has 0 N–H and O–H groups in total. The molecular weight excluding hydrogens is 346 g/mol. The second-order valence-electron chi connectivity index (χ2n) is 7.52. The minimum Gasteiger partial charge on any atom is -0.274 e. The summed E-state index contributed by atoms with van der Waals surface area (Å²) in [5, 5.41) is 1.76. The fraction of sp³-hybridized carbons (Fsp3) is 0.200. The highest BCUT2D eigenvalue weighted by Crippen LogP contribution is 2.37. The van der Waals surface area contributed by atoms with Crippen molar-refractivity contribution in [2.45, 2.75) is 26.2 Å². The van der Waals surface area contributed by atoms with Gasteiger partial charge in [-0.3, -0.25) is 14.5 Å². The standard InChI is InChI=1S/C25H21NO2/c1-2-3-14-26-24(27)21-9-5-8-20-19(12-13-22(23(20)21)25(26)28)18-11-10-16-6-4-7-17(16)15-18/h4-5,7-13,15H,2-3,6,14H2,1H3. The van der Waals surface area contributed by atoms with Crippen molar-refractivity contribution in [3.63, 3.8) is 0 Å². The molecule has 1 heterocycles. The van der Waals surface area contributed by atoms with E-state index in [-0.39, 0.29) is 11.8 Å². The van der Waals surface area contributed by atoms with Gasteiger partial charge in [-0.05, 0) is 58.7 Å². The maximum Gasteiger partial charge on any atom is 0.261 e. The maximum atomic E-state index is 13.0. The molecule has 0 spiro atoms. The van der Waals surface area contributed by atoms with Gasteiger partial charge in [0.2, 0.25) is 0 Å². The summed E-state index contributed by atoms with van der Waals surface area (Å²) in [6.45, 7) is 2.54. The Labute approximate surface area is 164 Å². The molecule has 3 aromatic carbocycles. The van der Waals surface area contributed by atoms with Crippen molar-refractivity contribution in [2.75, 3.05) is 6.54 Å². The topological polar surface area (TPSA) is 37.4 Å². The van der Waals surface area contributed by atoms with Crippen molar-refractivity contribution in [2.24, 2.45) is 0 Å². The largest absolute Gasteiger partial charge is 0.274 e. The summed E-state index contributed by atoms with van der Waals surface area (Å²) in [6.07, 6.45) is 7.08. The lowest BCUT2D eigenvalue weighted by Crippen LogP contribution is -2.40. The average molecular weight is 367 g/mol. The summed E-state index contributed by atoms with van der Waals surface area (Å²) in [5.41, 5.74) is 6.02. The summed E-state index contributed by atoms with van der Waals surface area (Å²) in [5.74, 6) is -0.351. The Kier molecular flexibility index (Phi) is 3.90. The first-order chi connectivity index (χ1) is 13.7. The molecule has 0 radical (unpaired) electrons. The lowest BCUT2D eigenvalue weighted by Gasteiger charge is -2.27. The van der Waals surface area contributed by atoms with Crippen molar-refractivity contribution in [1.29, 1.82) is 0 Å². The SMILES string of the molecule is CCCCN1C(=O)c2cccc3c(-c4ccc5c(c4)C=CC5)ccc(c23)C1=O. The zero-order valence-corrected chi connectivity index (χ0v) is 15.9. The van der Waals surface area contributed by atoms with Crippen LogP contribution in [0.5, 0.6) is 0 Å². The first-order valence-electron chi connectivity index (χ1n) is 9.91. The fourth-order valence-corrected chi connectivity index (χ4v) is 4.33. The first kappa shape index (κ1) is 16.9. The van der Waals surface area contributed by atoms with Gasteiger partial charge < -0.3 is 0 Å². The number of hydrogen-bond donors (Lipinski definition) is 0. The monoisotopic (exact) mass is 367 g/mol. The molecule has 0 saturated carbocycles. The van der Waals surface area contributed by atoms with Crippen LogP contribution < -0.4 is 0 Å². The Morgan fingerprint density at radius 3 is 2.54 bits per heavy atom. The minimum atomic E-state index is -0.175. The fourth-order valence-electron chi connectivity index (χ4n) is 4.33. The number of rotatable bonds is 4. The molecule has 0 bridgehead atoms. The van der Waals surface area contributed by atoms with Gasteiger partial charge >= 0.3 is 0 Å². The van der Waals surface area contributed by atoms with E-state index < -0.39 is 0 Å². The van der Waals surface area contributed by atoms with Gasteiger partial charge in [0.15, 0.2) is 0 Å². The Morgan fingerprint density at radius 2 is 1.71 bits per heavy atom. The van der Waals surface area contributed by atoms with Crippen LogP contribution in [0.25, 0.3) is 28.0 Å². The highest BCUT2D eigenvalue weighted by Gasteiger charge is 2.32. The van der Waals surface area contributed by atoms with Crippen LogP contribution in [-0.4, -0.2) is 23.3 Å². The molecule has 0 fully saturated rings. The van der Waals surface area contributed by atoms with Crippen molar-refractivity contribution >= 4 is 28.7 Å². The number of hydrogen-bond acceptors (Lipinski definition) is 2. The molecule has 2 aliphatic rings. The summed E-state index contributed by atoms with van der Waals surface area (Å²) < 4.78 is 0. The van der Waals surface area contributed by atoms with E-state index in [2.05, 4.69) is 37.3 Å². The van der Waals surface area contributed by atoms with Crippen molar-refractivity contribution < 1.29 is 9.59 Å². The molecule has 0 aromatic heterocycles. The molecule has 138 valence electrons. The highest BCUT2D eigenvalue weighted by molar-refractivity contribution is 6.26. The van der Waals surface area contributed by atoms with Crippen molar-refractivity contribution in [3.8, 4) is 11.1 Å². The number of amides is 2. The predicted octanol–water partition coefficient (Wildman–Crippen LogP) is 5.47. The quantitative estimate of drug-likeness (QED) is 0.573. The molecule has 0 atom stereocenters. The van der Waals surface area contributed by atoms with Crippen LogP contribution in [0.3, 0.4) is 0 Å². The van der Waals surface area contributed by atoms with E-state index in [1.807, 2.05) is 30.3 Å². The van der Waals surface area contributed by atoms with Gasteiger partial charge in [0.05, 0.1) is 0 Å². The van der Waals surface area contributed by atoms with E-state index in [1.54, 1.807) is 0 Å². The number of allylic oxidation sites excluding steroid dienone is 1. The molecular formula is C25H21NO2. The Balaban J connectivity index is 1.70. The van der Waals surface area contributed by atoms with Crippen LogP contribution in [0.15, 0.2) is 54.6 Å². The van der Waals surface area contributed by atoms with E-state index in [0.29, 0.717) is 17.7 Å². The van der Waals surface area contributed by atoms with Gasteiger partial charge in [-0.2, -0.15) is 0 Å². The van der Waals surface area contributed by atoms with Crippen molar-refractivity contribution in [3.05, 3.63) is 76.9 Å². The van der Waals surface area contributed by atoms with Gasteiger partial charge in [0, 0.05) is 23.1 Å². The van der Waals surface area contributed by atoms with E-state index in [9.17, 15) is 9.59 Å². The molecule has 1 aliphatic heterocycles. The third-order valence-corrected chi connectivity index (χ3v) is 5.82. The Hall–Kier alpha value is -3.20. The number of fused-ring (bicyclic) bond motifs is 1. The smallest absolute Gasteiger partial charge is 0.261 e. The third-order valence-electron chi connectivity index (χ3n) is 5.82. The number of benzene rings is 3. The van der Waals surface area contributed by atoms with E-state index in [1.165, 1.54) is 16.0 Å². The summed E-state index contributed by atoms with van der Waals surface area (Å²) in [6, 6.07) is 16.2. The Bertz CT molecular complexity index is 1150. The summed E-state index contributed by atoms with van der Waals surface area (Å²) >= 11 is 0. The zero-order chi connectivity index (χ0) is 19.3. The first-order valence-corrected chi connectivity index (χ1v) is 9.91. The number of carbonyl (C=O) groups excluding carboxylic acids is 2. The van der Waals surface area contributed by atoms with Crippen LogP contribution in [0.1, 0.15) is 51.6 Å². The van der Waals surface area contributed by atoms with Gasteiger partial charge in [-0.1, -0.05) is 55.8 Å². The number of nitrogens with zero attached hydrogens (tertiary/aromatic N) is 1. The average Bonchev–Trinajstić information content (AvgIpc) is 3.19. The van der Waals surface area contributed by atoms with Gasteiger partial charge in [0.1, 0.15) is 0 Å². The molecule has 3 aromatic rings. The number of carbonyl (C=O) groups is 2. The lowest BCUT2D eigenvalue weighted by molar-refractivity contribution is 0.0608. The van der Waals surface area contributed by atoms with E-state index in [0.717, 1.165) is 41.2 Å². The molecule has 28 heavy (non-hydrogen) atoms. The molecule has 5 rings (SSSR count). The summed E-state index contributed by atoms with van der Waals surface area (Å²) in [7, 11) is 0. The van der Waals surface area contributed by atoms with Gasteiger partial charge in [-0.25, -0.2) is 0 Å². The lowest BCUT2D eigenvalue weighted by atomic mass is 9.88. The van der Waals surface area contributed by atoms with Crippen LogP contribution in [0.4, 0.5) is 0 Å². The maximum absolute atomic E-state index is 13.0. The predicted molar refractivity (Wildman–Crippen MR) is 112 cm³/mol. The van der Waals surface area contributed by atoms with Crippen LogP contribution in [0, 0.1) is 0 Å². The highest BCUT2D eigenvalue weighted by atomic mass is 16.2. The van der Waals surface area contributed by atoms with E-state index >= 15 is 0 Å². The molecule has 0 saturated heterocycles. The molecule has 0 unspecified atom stereocenters. The van der Waals surface area contributed by atoms with Gasteiger partial charge in [0.25, 0.3) is 11.8 Å². The number of imide groups is 1. The normalized spacial score (nSPS) is 14.8. The van der Waals surface area contributed by atoms with Crippen molar-refractivity contribution in [1.82, 2.24) is 4.90 Å². The van der Waals surface area contributed by atoms with Crippen LogP contribution in [0.2, 0.25) is 0 Å². The summed E-state index contributed by atoms with van der Waals surface area (Å²) in [4.78, 5) is 27.4. The van der Waals surface area contributed by atoms with Crippen LogP contribution in [-0.2, 0) is 6.42 Å². The molecule has 3 heteroatoms. The zero-order valence-electron chi connectivity index (χ0n) is 15.9. The molecule has 2 amide bonds. The molecule has 3 nitrogen and oxygen atoms in total. The Morgan fingerprint density at radius 1 is 0.929 bits per heavy atom. The minimum absolute atomic E-state index is 0.175. The van der Waals surface area contributed by atoms with Gasteiger partial charge in [-0.15, -0.1) is 0 Å². The van der Waals surface area contributed by atoms with E-state index in [4.69, 9.17) is 0 Å².